The molecule has 0 spiro atoms. The maximum atomic E-state index is 11.0. The van der Waals surface area contributed by atoms with E-state index in [0.29, 0.717) is 5.92 Å². The molecule has 2 atom stereocenters. The average Bonchev–Trinajstić information content (AvgIpc) is 2.99. The highest BCUT2D eigenvalue weighted by Gasteiger charge is 2.43. The molecular weight excluding hydrogens is 251 g/mol. The monoisotopic (exact) mass is 270 g/mol. The van der Waals surface area contributed by atoms with Crippen molar-refractivity contribution in [1.82, 2.24) is 0 Å². The van der Waals surface area contributed by atoms with Crippen molar-refractivity contribution < 1.29 is 19.1 Å². The first-order valence-corrected chi connectivity index (χ1v) is 7.37. The number of phenolic OH excluding ortho intramolecular Hbond substituents is 1. The van der Waals surface area contributed by atoms with Gasteiger partial charge in [0.25, 0.3) is 0 Å². The van der Waals surface area contributed by atoms with Crippen molar-refractivity contribution >= 4 is 8.25 Å². The summed E-state index contributed by atoms with van der Waals surface area (Å²) in [6.07, 6.45) is 2.19. The van der Waals surface area contributed by atoms with Crippen LogP contribution in [0.25, 0.3) is 0 Å². The summed E-state index contributed by atoms with van der Waals surface area (Å²) in [5, 5.41) is 9.57. The summed E-state index contributed by atoms with van der Waals surface area (Å²) < 4.78 is 16.2. The Morgan fingerprint density at radius 3 is 2.61 bits per heavy atom. The molecule has 0 saturated heterocycles. The Hall–Kier alpha value is -0.830. The number of benzene rings is 1. The lowest BCUT2D eigenvalue weighted by Gasteiger charge is -2.34. The van der Waals surface area contributed by atoms with Crippen molar-refractivity contribution in [3.8, 4) is 5.75 Å². The molecule has 1 aliphatic rings. The van der Waals surface area contributed by atoms with Gasteiger partial charge in [0.2, 0.25) is 0 Å². The number of hydrogen-bond donors (Lipinski definition) is 2. The molecule has 0 aromatic heterocycles. The summed E-state index contributed by atoms with van der Waals surface area (Å²) in [5.41, 5.74) is 0.255. The number of hydrogen-bond acceptors (Lipinski definition) is 3. The minimum atomic E-state index is -2.97. The first kappa shape index (κ1) is 13.6. The van der Waals surface area contributed by atoms with E-state index < -0.39 is 13.9 Å². The van der Waals surface area contributed by atoms with Crippen LogP contribution in [-0.4, -0.2) is 15.6 Å². The van der Waals surface area contributed by atoms with E-state index in [9.17, 15) is 9.67 Å². The molecule has 1 aliphatic carbocycles. The van der Waals surface area contributed by atoms with E-state index in [1.54, 1.807) is 18.2 Å². The molecule has 100 valence electrons. The molecule has 1 aromatic carbocycles. The van der Waals surface area contributed by atoms with Gasteiger partial charge in [0, 0.05) is 5.92 Å². The van der Waals surface area contributed by atoms with Crippen LogP contribution in [0.2, 0.25) is 0 Å². The molecule has 2 unspecified atom stereocenters. The van der Waals surface area contributed by atoms with Gasteiger partial charge in [-0.25, -0.2) is 0 Å². The Morgan fingerprint density at radius 1 is 1.44 bits per heavy atom. The summed E-state index contributed by atoms with van der Waals surface area (Å²) >= 11 is 0. The molecule has 2 rings (SSSR count). The van der Waals surface area contributed by atoms with Crippen LogP contribution in [0.1, 0.15) is 38.2 Å². The molecule has 0 amide bonds. The molecule has 4 nitrogen and oxygen atoms in total. The SMILES string of the molecule is CC(C)(O[PH](=O)O)C(c1cccc(O)c1)C1CC1. The zero-order valence-corrected chi connectivity index (χ0v) is 11.6. The van der Waals surface area contributed by atoms with E-state index in [4.69, 9.17) is 9.42 Å². The van der Waals surface area contributed by atoms with Crippen LogP contribution < -0.4 is 0 Å². The van der Waals surface area contributed by atoms with E-state index in [2.05, 4.69) is 0 Å². The van der Waals surface area contributed by atoms with Gasteiger partial charge >= 0.3 is 8.25 Å². The molecule has 0 bridgehead atoms. The summed E-state index contributed by atoms with van der Waals surface area (Å²) in [4.78, 5) is 9.02. The fourth-order valence-electron chi connectivity index (χ4n) is 2.68. The molecule has 0 radical (unpaired) electrons. The fourth-order valence-corrected chi connectivity index (χ4v) is 3.25. The minimum absolute atomic E-state index is 0.0331. The highest BCUT2D eigenvalue weighted by atomic mass is 31.1. The zero-order valence-electron chi connectivity index (χ0n) is 10.6. The van der Waals surface area contributed by atoms with Crippen molar-refractivity contribution in [1.29, 1.82) is 0 Å². The van der Waals surface area contributed by atoms with Crippen LogP contribution in [0, 0.1) is 5.92 Å². The molecule has 1 aromatic rings. The Balaban J connectivity index is 2.31. The average molecular weight is 270 g/mol. The van der Waals surface area contributed by atoms with Gasteiger partial charge in [-0.15, -0.1) is 0 Å². The lowest BCUT2D eigenvalue weighted by Crippen LogP contribution is -2.32. The van der Waals surface area contributed by atoms with Crippen LogP contribution in [0.4, 0.5) is 0 Å². The van der Waals surface area contributed by atoms with E-state index >= 15 is 0 Å². The standard InChI is InChI=1S/C13H19O4P/c1-13(2,17-18(15)16)12(9-6-7-9)10-4-3-5-11(14)8-10/h3-5,8-9,12,14,18H,6-7H2,1-2H3,(H,15,16). The van der Waals surface area contributed by atoms with Crippen molar-refractivity contribution in [2.45, 2.75) is 38.2 Å². The van der Waals surface area contributed by atoms with Crippen molar-refractivity contribution in [2.75, 3.05) is 0 Å². The van der Waals surface area contributed by atoms with E-state index in [-0.39, 0.29) is 11.7 Å². The lowest BCUT2D eigenvalue weighted by molar-refractivity contribution is 0.0650. The van der Waals surface area contributed by atoms with Crippen molar-refractivity contribution in [2.24, 2.45) is 5.92 Å². The van der Waals surface area contributed by atoms with Gasteiger partial charge in [-0.05, 0) is 50.3 Å². The molecule has 0 heterocycles. The molecule has 1 fully saturated rings. The van der Waals surface area contributed by atoms with Crippen LogP contribution in [0.5, 0.6) is 5.75 Å². The molecule has 2 N–H and O–H groups in total. The zero-order chi connectivity index (χ0) is 13.3. The van der Waals surface area contributed by atoms with Gasteiger partial charge < -0.3 is 14.5 Å². The Kier molecular flexibility index (Phi) is 3.81. The van der Waals surface area contributed by atoms with Gasteiger partial charge in [-0.2, -0.15) is 0 Å². The smallest absolute Gasteiger partial charge is 0.317 e. The fraction of sp³-hybridized carbons (Fsp3) is 0.538. The molecule has 18 heavy (non-hydrogen) atoms. The molecular formula is C13H19O4P. The van der Waals surface area contributed by atoms with Gasteiger partial charge in [-0.1, -0.05) is 12.1 Å². The number of rotatable bonds is 5. The second kappa shape index (κ2) is 5.04. The first-order chi connectivity index (χ1) is 8.40. The number of phenols is 1. The molecule has 5 heteroatoms. The topological polar surface area (TPSA) is 66.8 Å². The normalized spacial score (nSPS) is 19.5. The number of aromatic hydroxyl groups is 1. The van der Waals surface area contributed by atoms with Crippen molar-refractivity contribution in [3.05, 3.63) is 29.8 Å². The second-order valence-corrected chi connectivity index (χ2v) is 6.12. The van der Waals surface area contributed by atoms with Crippen LogP contribution in [-0.2, 0) is 9.09 Å². The van der Waals surface area contributed by atoms with Gasteiger partial charge in [0.1, 0.15) is 5.75 Å². The predicted octanol–water partition coefficient (Wildman–Crippen LogP) is 3.06. The lowest BCUT2D eigenvalue weighted by atomic mass is 9.81. The second-order valence-electron chi connectivity index (χ2n) is 5.38. The third kappa shape index (κ3) is 3.14. The Bertz CT molecular complexity index is 454. The third-order valence-corrected chi connectivity index (χ3v) is 4.12. The first-order valence-electron chi connectivity index (χ1n) is 6.11. The summed E-state index contributed by atoms with van der Waals surface area (Å²) in [6, 6.07) is 7.05. The maximum Gasteiger partial charge on any atom is 0.317 e. The van der Waals surface area contributed by atoms with Crippen LogP contribution in [0.15, 0.2) is 24.3 Å². The minimum Gasteiger partial charge on any atom is -0.508 e. The molecule has 1 saturated carbocycles. The Labute approximate surface area is 108 Å². The van der Waals surface area contributed by atoms with Crippen LogP contribution in [0.3, 0.4) is 0 Å². The maximum absolute atomic E-state index is 11.0. The van der Waals surface area contributed by atoms with E-state index in [1.807, 2.05) is 19.9 Å². The summed E-state index contributed by atoms with van der Waals surface area (Å²) in [7, 11) is -2.97. The van der Waals surface area contributed by atoms with E-state index in [1.165, 1.54) is 0 Å². The summed E-state index contributed by atoms with van der Waals surface area (Å²) in [5.74, 6) is 0.708. The van der Waals surface area contributed by atoms with Gasteiger partial charge in [0.15, 0.2) is 0 Å². The van der Waals surface area contributed by atoms with Crippen molar-refractivity contribution in [3.63, 3.8) is 0 Å². The van der Waals surface area contributed by atoms with E-state index in [0.717, 1.165) is 18.4 Å². The van der Waals surface area contributed by atoms with Crippen LogP contribution >= 0.6 is 8.25 Å². The predicted molar refractivity (Wildman–Crippen MR) is 70.0 cm³/mol. The third-order valence-electron chi connectivity index (χ3n) is 3.42. The summed E-state index contributed by atoms with van der Waals surface area (Å²) in [6.45, 7) is 3.66. The Morgan fingerprint density at radius 2 is 2.11 bits per heavy atom. The van der Waals surface area contributed by atoms with Gasteiger partial charge in [-0.3, -0.25) is 4.57 Å². The molecule has 0 aliphatic heterocycles. The largest absolute Gasteiger partial charge is 0.508 e. The highest BCUT2D eigenvalue weighted by molar-refractivity contribution is 7.32. The highest BCUT2D eigenvalue weighted by Crippen LogP contribution is 2.51. The van der Waals surface area contributed by atoms with Gasteiger partial charge in [0.05, 0.1) is 5.60 Å². The quantitative estimate of drug-likeness (QED) is 0.807.